The summed E-state index contributed by atoms with van der Waals surface area (Å²) in [6.07, 6.45) is 14.1. The van der Waals surface area contributed by atoms with E-state index in [4.69, 9.17) is 18.9 Å². The fraction of sp³-hybridized carbons (Fsp3) is 0.429. The van der Waals surface area contributed by atoms with Gasteiger partial charge in [0.1, 0.15) is 19.0 Å². The molecule has 0 saturated heterocycles. The number of methoxy groups -OCH3 is 1. The molecule has 0 N–H and O–H groups in total. The third-order valence-corrected chi connectivity index (χ3v) is 6.86. The molecule has 0 aromatic heterocycles. The Balaban J connectivity index is 0.000000351. The predicted molar refractivity (Wildman–Crippen MR) is 173 cm³/mol. The molecule has 0 bridgehead atoms. The lowest BCUT2D eigenvalue weighted by Crippen LogP contribution is -2.11. The van der Waals surface area contributed by atoms with Crippen LogP contribution >= 0.6 is 0 Å². The fourth-order valence-corrected chi connectivity index (χ4v) is 4.49. The summed E-state index contributed by atoms with van der Waals surface area (Å²) in [4.78, 5) is 37.4. The minimum Gasteiger partial charge on any atom is -0.493 e. The lowest BCUT2D eigenvalue weighted by Gasteiger charge is -2.10. The molecule has 2 aromatic rings. The Labute approximate surface area is 278 Å². The summed E-state index contributed by atoms with van der Waals surface area (Å²) >= 11 is 0. The number of halogens is 3. The van der Waals surface area contributed by atoms with Crippen LogP contribution in [-0.2, 0) is 25.3 Å². The zero-order valence-electron chi connectivity index (χ0n) is 27.1. The lowest BCUT2D eigenvalue weighted by atomic mass is 10.1. The Morgan fingerprint density at radius 2 is 1.77 bits per heavy atom. The monoisotopic (exact) mass is 677 g/mol. The summed E-state index contributed by atoms with van der Waals surface area (Å²) in [6.45, 7) is 1.75. The molecule has 2 aromatic carbocycles. The van der Waals surface area contributed by atoms with Crippen LogP contribution in [0.5, 0.6) is 17.2 Å². The molecule has 1 aliphatic rings. The molecule has 0 spiro atoms. The normalized spacial score (nSPS) is 13.4. The first-order valence-corrected chi connectivity index (χ1v) is 15.6. The fourth-order valence-electron chi connectivity index (χ4n) is 4.49. The number of ether oxygens (including phenoxy) is 4. The summed E-state index contributed by atoms with van der Waals surface area (Å²) in [7, 11) is 1.44. The number of carbonyl (C=O) groups excluding carboxylic acids is 2. The van der Waals surface area contributed by atoms with Crippen LogP contribution in [-0.4, -0.2) is 44.0 Å². The van der Waals surface area contributed by atoms with E-state index in [1.807, 2.05) is 19.1 Å². The van der Waals surface area contributed by atoms with Gasteiger partial charge in [0.2, 0.25) is 0 Å². The van der Waals surface area contributed by atoms with Gasteiger partial charge in [-0.15, -0.1) is 10.1 Å². The van der Waals surface area contributed by atoms with Gasteiger partial charge in [0, 0.05) is 12.5 Å². The molecule has 1 aliphatic carbocycles. The predicted octanol–water partition coefficient (Wildman–Crippen LogP) is 8.33. The van der Waals surface area contributed by atoms with E-state index < -0.39 is 22.8 Å². The molecular formula is C35H42F3NO9. The van der Waals surface area contributed by atoms with Gasteiger partial charge in [0.25, 0.3) is 5.09 Å². The molecule has 0 aliphatic heterocycles. The van der Waals surface area contributed by atoms with E-state index in [1.54, 1.807) is 24.3 Å². The summed E-state index contributed by atoms with van der Waals surface area (Å²) in [5.74, 6) is 0.554. The van der Waals surface area contributed by atoms with Crippen LogP contribution in [0.3, 0.4) is 0 Å². The molecule has 13 heteroatoms. The number of esters is 2. The van der Waals surface area contributed by atoms with E-state index >= 15 is 0 Å². The molecular weight excluding hydrogens is 635 g/mol. The van der Waals surface area contributed by atoms with Crippen LogP contribution < -0.4 is 14.2 Å². The van der Waals surface area contributed by atoms with Crippen LogP contribution in [0.15, 0.2) is 72.8 Å². The van der Waals surface area contributed by atoms with Crippen molar-refractivity contribution in [3.63, 3.8) is 0 Å². The number of hydrogen-bond donors (Lipinski definition) is 0. The lowest BCUT2D eigenvalue weighted by molar-refractivity contribution is -0.757. The minimum absolute atomic E-state index is 0.240. The second kappa shape index (κ2) is 21.9. The molecule has 10 nitrogen and oxygen atoms in total. The standard InChI is InChI=1S/C19H23NO8.C16H19F3O/c1-3-4-5-6-7-19(22)28-16-10-8-15(14-17(16)25-2)9-11-18(21)26-12-13-27-20(23)24;17-16(18,19)14-9-5-10-15(12-14)20-11-4-3-8-13-6-1-2-7-13/h3-4,8-11,14H,5-7,12-13H2,1-2H3;3,5,8-10,12-13H,1-2,4,6-7,11H2/b4-3-,11-9+;8-3+. The number of rotatable bonds is 17. The molecule has 1 saturated carbocycles. The highest BCUT2D eigenvalue weighted by Crippen LogP contribution is 2.32. The number of unbranched alkanes of at least 4 members (excludes halogenated alkanes) is 1. The van der Waals surface area contributed by atoms with Crippen molar-refractivity contribution in [2.24, 2.45) is 5.92 Å². The highest BCUT2D eigenvalue weighted by atomic mass is 19.4. The van der Waals surface area contributed by atoms with Crippen molar-refractivity contribution in [3.8, 4) is 17.2 Å². The first kappa shape index (κ1) is 39.4. The first-order valence-electron chi connectivity index (χ1n) is 15.6. The minimum atomic E-state index is -4.32. The highest BCUT2D eigenvalue weighted by Gasteiger charge is 2.30. The Bertz CT molecular complexity index is 1380. The van der Waals surface area contributed by atoms with Crippen molar-refractivity contribution < 1.29 is 51.6 Å². The summed E-state index contributed by atoms with van der Waals surface area (Å²) in [6, 6.07) is 9.82. The van der Waals surface area contributed by atoms with Crippen LogP contribution in [0.1, 0.15) is 69.4 Å². The second-order valence-corrected chi connectivity index (χ2v) is 10.5. The number of alkyl halides is 3. The Kier molecular flexibility index (Phi) is 18.0. The molecule has 0 atom stereocenters. The Morgan fingerprint density at radius 1 is 1.00 bits per heavy atom. The average molecular weight is 678 g/mol. The number of hydrogen-bond acceptors (Lipinski definition) is 9. The van der Waals surface area contributed by atoms with Crippen molar-refractivity contribution in [2.75, 3.05) is 26.9 Å². The molecule has 0 radical (unpaired) electrons. The molecule has 262 valence electrons. The third kappa shape index (κ3) is 16.7. The quantitative estimate of drug-likeness (QED) is 0.0309. The zero-order valence-corrected chi connectivity index (χ0v) is 27.1. The van der Waals surface area contributed by atoms with Crippen LogP contribution in [0.4, 0.5) is 13.2 Å². The topological polar surface area (TPSA) is 123 Å². The maximum Gasteiger partial charge on any atom is 0.416 e. The zero-order chi connectivity index (χ0) is 35.2. The van der Waals surface area contributed by atoms with Gasteiger partial charge in [0.15, 0.2) is 11.5 Å². The molecule has 0 heterocycles. The number of carbonyl (C=O) groups is 2. The maximum absolute atomic E-state index is 12.5. The number of nitrogens with zero attached hydrogens (tertiary/aromatic N) is 1. The van der Waals surface area contributed by atoms with E-state index in [0.29, 0.717) is 36.7 Å². The van der Waals surface area contributed by atoms with Crippen molar-refractivity contribution in [3.05, 3.63) is 94.1 Å². The molecule has 0 unspecified atom stereocenters. The van der Waals surface area contributed by atoms with Crippen LogP contribution in [0, 0.1) is 16.0 Å². The Hall–Kier alpha value is -4.81. The molecule has 3 rings (SSSR count). The Morgan fingerprint density at radius 3 is 2.46 bits per heavy atom. The van der Waals surface area contributed by atoms with E-state index in [9.17, 15) is 32.9 Å². The van der Waals surface area contributed by atoms with Gasteiger partial charge in [0.05, 0.1) is 19.3 Å². The maximum atomic E-state index is 12.5. The average Bonchev–Trinajstić information content (AvgIpc) is 3.58. The highest BCUT2D eigenvalue weighted by molar-refractivity contribution is 5.87. The van der Waals surface area contributed by atoms with Crippen LogP contribution in [0.2, 0.25) is 0 Å². The number of benzene rings is 2. The van der Waals surface area contributed by atoms with Gasteiger partial charge in [-0.05, 0) is 86.9 Å². The van der Waals surface area contributed by atoms with E-state index in [0.717, 1.165) is 31.1 Å². The van der Waals surface area contributed by atoms with Crippen LogP contribution in [0.25, 0.3) is 6.08 Å². The molecule has 0 amide bonds. The van der Waals surface area contributed by atoms with E-state index in [1.165, 1.54) is 44.9 Å². The second-order valence-electron chi connectivity index (χ2n) is 10.5. The van der Waals surface area contributed by atoms with Gasteiger partial charge < -0.3 is 23.8 Å². The van der Waals surface area contributed by atoms with Crippen molar-refractivity contribution in [1.29, 1.82) is 0 Å². The smallest absolute Gasteiger partial charge is 0.416 e. The van der Waals surface area contributed by atoms with Crippen molar-refractivity contribution >= 4 is 18.0 Å². The first-order chi connectivity index (χ1) is 23.0. The SMILES string of the molecule is C/C=C\CCCC(=O)Oc1ccc(/C=C/C(=O)OCCO[N+](=O)[O-])cc1OC.FC(F)(F)c1cccc(OCC/C=C/C2CCCC2)c1. The van der Waals surface area contributed by atoms with E-state index in [2.05, 4.69) is 17.0 Å². The van der Waals surface area contributed by atoms with Crippen molar-refractivity contribution in [2.45, 2.75) is 64.5 Å². The van der Waals surface area contributed by atoms with Gasteiger partial charge in [-0.2, -0.15) is 13.2 Å². The summed E-state index contributed by atoms with van der Waals surface area (Å²) < 4.78 is 58.2. The number of allylic oxidation sites excluding steroid dienone is 3. The van der Waals surface area contributed by atoms with Gasteiger partial charge >= 0.3 is 18.1 Å². The third-order valence-electron chi connectivity index (χ3n) is 6.86. The van der Waals surface area contributed by atoms with Crippen molar-refractivity contribution in [1.82, 2.24) is 0 Å². The van der Waals surface area contributed by atoms with Gasteiger partial charge in [-0.25, -0.2) is 4.79 Å². The molecule has 1 fully saturated rings. The summed E-state index contributed by atoms with van der Waals surface area (Å²) in [5, 5.41) is 9.01. The largest absolute Gasteiger partial charge is 0.493 e. The molecule has 48 heavy (non-hydrogen) atoms. The van der Waals surface area contributed by atoms with E-state index in [-0.39, 0.29) is 30.7 Å². The summed E-state index contributed by atoms with van der Waals surface area (Å²) in [5.41, 5.74) is -0.0558. The van der Waals surface area contributed by atoms with Gasteiger partial charge in [-0.1, -0.05) is 49.3 Å². The van der Waals surface area contributed by atoms with Gasteiger partial charge in [-0.3, -0.25) is 4.79 Å².